The van der Waals surface area contributed by atoms with E-state index in [0.717, 1.165) is 12.8 Å². The van der Waals surface area contributed by atoms with Crippen molar-refractivity contribution in [2.75, 3.05) is 20.1 Å². The zero-order valence-electron chi connectivity index (χ0n) is 14.8. The summed E-state index contributed by atoms with van der Waals surface area (Å²) in [4.78, 5) is 26.3. The quantitative estimate of drug-likeness (QED) is 0.811. The molecule has 138 valence electrons. The number of nitrogens with one attached hydrogen (secondary N) is 2. The molecule has 7 nitrogen and oxygen atoms in total. The third kappa shape index (κ3) is 4.79. The van der Waals surface area contributed by atoms with Crippen molar-refractivity contribution in [3.8, 4) is 0 Å². The Hall–Kier alpha value is -1.93. The van der Waals surface area contributed by atoms with Crippen LogP contribution in [0.3, 0.4) is 0 Å². The Morgan fingerprint density at radius 1 is 1.20 bits per heavy atom. The largest absolute Gasteiger partial charge is 0.351 e. The van der Waals surface area contributed by atoms with E-state index in [1.54, 1.807) is 4.90 Å². The van der Waals surface area contributed by atoms with E-state index in [-0.39, 0.29) is 28.7 Å². The smallest absolute Gasteiger partial charge is 0.253 e. The van der Waals surface area contributed by atoms with Crippen LogP contribution in [0.4, 0.5) is 0 Å². The number of piperidine rings is 1. The minimum absolute atomic E-state index is 0.0130. The van der Waals surface area contributed by atoms with Gasteiger partial charge in [-0.25, -0.2) is 13.1 Å². The van der Waals surface area contributed by atoms with E-state index < -0.39 is 10.0 Å². The van der Waals surface area contributed by atoms with Crippen LogP contribution in [0.15, 0.2) is 29.2 Å². The molecule has 1 heterocycles. The van der Waals surface area contributed by atoms with E-state index in [4.69, 9.17) is 0 Å². The predicted molar refractivity (Wildman–Crippen MR) is 94.6 cm³/mol. The van der Waals surface area contributed by atoms with Crippen molar-refractivity contribution < 1.29 is 18.0 Å². The molecule has 25 heavy (non-hydrogen) atoms. The van der Waals surface area contributed by atoms with Crippen LogP contribution in [-0.2, 0) is 14.8 Å². The van der Waals surface area contributed by atoms with Crippen molar-refractivity contribution in [3.05, 3.63) is 29.8 Å². The molecule has 2 rings (SSSR count). The fraction of sp³-hybridized carbons (Fsp3) is 0.529. The molecule has 1 saturated heterocycles. The highest BCUT2D eigenvalue weighted by molar-refractivity contribution is 7.89. The van der Waals surface area contributed by atoms with Crippen LogP contribution in [0.25, 0.3) is 0 Å². The molecule has 0 unspecified atom stereocenters. The SMILES string of the molecule is CNS(=O)(=O)c1ccc(C(=O)N2CCC[C@H](NC(=O)C(C)C)C2)cc1. The summed E-state index contributed by atoms with van der Waals surface area (Å²) in [5, 5.41) is 2.97. The standard InChI is InChI=1S/C17H25N3O4S/c1-12(2)16(21)19-14-5-4-10-20(11-14)17(22)13-6-8-15(9-7-13)25(23,24)18-3/h6-9,12,14,18H,4-5,10-11H2,1-3H3,(H,19,21)/t14-/m0/s1. The Balaban J connectivity index is 2.06. The van der Waals surface area contributed by atoms with E-state index in [9.17, 15) is 18.0 Å². The minimum atomic E-state index is -3.52. The predicted octanol–water partition coefficient (Wildman–Crippen LogP) is 0.971. The maximum atomic E-state index is 12.6. The molecular formula is C17H25N3O4S. The summed E-state index contributed by atoms with van der Waals surface area (Å²) in [6, 6.07) is 5.82. The van der Waals surface area contributed by atoms with Gasteiger partial charge in [0.2, 0.25) is 15.9 Å². The molecule has 1 atom stereocenters. The molecule has 0 radical (unpaired) electrons. The van der Waals surface area contributed by atoms with Crippen LogP contribution in [0.5, 0.6) is 0 Å². The summed E-state index contributed by atoms with van der Waals surface area (Å²) in [5.74, 6) is -0.259. The van der Waals surface area contributed by atoms with Crippen molar-refractivity contribution in [2.24, 2.45) is 5.92 Å². The van der Waals surface area contributed by atoms with E-state index in [0.29, 0.717) is 18.7 Å². The number of sulfonamides is 1. The van der Waals surface area contributed by atoms with E-state index in [1.807, 2.05) is 13.8 Å². The van der Waals surface area contributed by atoms with Crippen LogP contribution in [0, 0.1) is 5.92 Å². The molecule has 0 saturated carbocycles. The van der Waals surface area contributed by atoms with Gasteiger partial charge in [0.25, 0.3) is 5.91 Å². The van der Waals surface area contributed by atoms with Crippen LogP contribution in [0.2, 0.25) is 0 Å². The van der Waals surface area contributed by atoms with Crippen molar-refractivity contribution >= 4 is 21.8 Å². The Morgan fingerprint density at radius 2 is 1.84 bits per heavy atom. The molecule has 1 aromatic rings. The van der Waals surface area contributed by atoms with Gasteiger partial charge in [-0.2, -0.15) is 0 Å². The van der Waals surface area contributed by atoms with Gasteiger partial charge in [0.1, 0.15) is 0 Å². The lowest BCUT2D eigenvalue weighted by molar-refractivity contribution is -0.125. The van der Waals surface area contributed by atoms with Crippen LogP contribution in [0.1, 0.15) is 37.0 Å². The first-order chi connectivity index (χ1) is 11.7. The second kappa shape index (κ2) is 7.97. The molecule has 1 fully saturated rings. The number of carbonyl (C=O) groups is 2. The van der Waals surface area contributed by atoms with Crippen molar-refractivity contribution in [1.82, 2.24) is 14.9 Å². The number of nitrogens with zero attached hydrogens (tertiary/aromatic N) is 1. The Morgan fingerprint density at radius 3 is 2.40 bits per heavy atom. The lowest BCUT2D eigenvalue weighted by Gasteiger charge is -2.33. The number of amides is 2. The summed E-state index contributed by atoms with van der Waals surface area (Å²) in [7, 11) is -2.18. The first kappa shape index (κ1) is 19.4. The second-order valence-electron chi connectivity index (χ2n) is 6.49. The fourth-order valence-corrected chi connectivity index (χ4v) is 3.45. The molecule has 1 aliphatic heterocycles. The first-order valence-electron chi connectivity index (χ1n) is 8.38. The molecule has 0 spiro atoms. The third-order valence-electron chi connectivity index (χ3n) is 4.26. The van der Waals surface area contributed by atoms with Crippen LogP contribution in [-0.4, -0.2) is 51.3 Å². The monoisotopic (exact) mass is 367 g/mol. The van der Waals surface area contributed by atoms with Gasteiger partial charge in [-0.1, -0.05) is 13.8 Å². The lowest BCUT2D eigenvalue weighted by atomic mass is 10.0. The zero-order valence-corrected chi connectivity index (χ0v) is 15.6. The summed E-state index contributed by atoms with van der Waals surface area (Å²) >= 11 is 0. The van der Waals surface area contributed by atoms with Crippen molar-refractivity contribution in [2.45, 2.75) is 37.6 Å². The highest BCUT2D eigenvalue weighted by Crippen LogP contribution is 2.16. The van der Waals surface area contributed by atoms with Gasteiger partial charge in [-0.15, -0.1) is 0 Å². The summed E-state index contributed by atoms with van der Waals surface area (Å²) in [6.45, 7) is 4.76. The number of benzene rings is 1. The minimum Gasteiger partial charge on any atom is -0.351 e. The maximum Gasteiger partial charge on any atom is 0.253 e. The first-order valence-corrected chi connectivity index (χ1v) is 9.86. The molecule has 0 aliphatic carbocycles. The summed E-state index contributed by atoms with van der Waals surface area (Å²) in [6.07, 6.45) is 1.67. The third-order valence-corrected chi connectivity index (χ3v) is 5.69. The van der Waals surface area contributed by atoms with E-state index >= 15 is 0 Å². The molecule has 1 aliphatic rings. The number of hydrogen-bond acceptors (Lipinski definition) is 4. The fourth-order valence-electron chi connectivity index (χ4n) is 2.72. The van der Waals surface area contributed by atoms with Gasteiger partial charge in [-0.05, 0) is 44.2 Å². The Kier molecular flexibility index (Phi) is 6.18. The average molecular weight is 367 g/mol. The van der Waals surface area contributed by atoms with Gasteiger partial charge in [-0.3, -0.25) is 9.59 Å². The maximum absolute atomic E-state index is 12.6. The van der Waals surface area contributed by atoms with Gasteiger partial charge in [0.15, 0.2) is 0 Å². The lowest BCUT2D eigenvalue weighted by Crippen LogP contribution is -2.50. The molecule has 1 aromatic carbocycles. The van der Waals surface area contributed by atoms with E-state index in [2.05, 4.69) is 10.0 Å². The number of hydrogen-bond donors (Lipinski definition) is 2. The van der Waals surface area contributed by atoms with Crippen molar-refractivity contribution in [1.29, 1.82) is 0 Å². The number of likely N-dealkylation sites (tertiary alicyclic amines) is 1. The van der Waals surface area contributed by atoms with Gasteiger partial charge < -0.3 is 10.2 Å². The average Bonchev–Trinajstić information content (AvgIpc) is 2.61. The number of carbonyl (C=O) groups excluding carboxylic acids is 2. The van der Waals surface area contributed by atoms with Gasteiger partial charge in [0.05, 0.1) is 4.90 Å². The Bertz CT molecular complexity index is 729. The van der Waals surface area contributed by atoms with Crippen LogP contribution >= 0.6 is 0 Å². The number of rotatable bonds is 5. The second-order valence-corrected chi connectivity index (χ2v) is 8.37. The normalized spacial score (nSPS) is 18.2. The van der Waals surface area contributed by atoms with Gasteiger partial charge in [0, 0.05) is 30.6 Å². The molecule has 2 amide bonds. The van der Waals surface area contributed by atoms with Gasteiger partial charge >= 0.3 is 0 Å². The topological polar surface area (TPSA) is 95.6 Å². The summed E-state index contributed by atoms with van der Waals surface area (Å²) < 4.78 is 25.7. The van der Waals surface area contributed by atoms with Crippen molar-refractivity contribution in [3.63, 3.8) is 0 Å². The highest BCUT2D eigenvalue weighted by Gasteiger charge is 2.26. The molecule has 0 aromatic heterocycles. The summed E-state index contributed by atoms with van der Waals surface area (Å²) in [5.41, 5.74) is 0.436. The molecule has 8 heteroatoms. The molecular weight excluding hydrogens is 342 g/mol. The highest BCUT2D eigenvalue weighted by atomic mass is 32.2. The Labute approximate surface area is 148 Å². The molecule has 2 N–H and O–H groups in total. The van der Waals surface area contributed by atoms with Crippen LogP contribution < -0.4 is 10.0 Å². The van der Waals surface area contributed by atoms with E-state index in [1.165, 1.54) is 31.3 Å². The molecule has 0 bridgehead atoms. The zero-order chi connectivity index (χ0) is 18.6.